The highest BCUT2D eigenvalue weighted by Gasteiger charge is 2.21. The second-order valence-corrected chi connectivity index (χ2v) is 7.18. The van der Waals surface area contributed by atoms with Crippen LogP contribution < -0.4 is 15.8 Å². The Hall–Kier alpha value is -3.45. The Bertz CT molecular complexity index is 1170. The molecule has 3 N–H and O–H groups in total. The lowest BCUT2D eigenvalue weighted by Gasteiger charge is -2.09. The summed E-state index contributed by atoms with van der Waals surface area (Å²) in [5.41, 5.74) is 8.93. The van der Waals surface area contributed by atoms with Crippen molar-refractivity contribution in [3.63, 3.8) is 0 Å². The Morgan fingerprint density at radius 2 is 1.79 bits per heavy atom. The minimum absolute atomic E-state index is 0.300. The van der Waals surface area contributed by atoms with Crippen LogP contribution >= 0.6 is 11.3 Å². The average molecular weight is 390 g/mol. The number of fused-ring (bicyclic) bond motifs is 1. The third-order valence-electron chi connectivity index (χ3n) is 4.36. The number of nitrogen functional groups attached to an aromatic ring is 1. The molecule has 6 nitrogen and oxygen atoms in total. The number of hydrogen-bond acceptors (Lipinski definition) is 6. The fourth-order valence-corrected chi connectivity index (χ4v) is 4.05. The number of nitrogens with zero attached hydrogens (tertiary/aromatic N) is 2. The van der Waals surface area contributed by atoms with Gasteiger partial charge < -0.3 is 15.8 Å². The van der Waals surface area contributed by atoms with E-state index in [9.17, 15) is 4.79 Å². The molecule has 0 spiro atoms. The van der Waals surface area contributed by atoms with Crippen LogP contribution in [0.3, 0.4) is 0 Å². The molecule has 0 aliphatic heterocycles. The van der Waals surface area contributed by atoms with Gasteiger partial charge in [0.05, 0.1) is 29.6 Å². The second kappa shape index (κ2) is 7.28. The quantitative estimate of drug-likeness (QED) is 0.535. The van der Waals surface area contributed by atoms with E-state index in [4.69, 9.17) is 10.5 Å². The molecular formula is C21H18N4O2S. The van der Waals surface area contributed by atoms with Gasteiger partial charge in [0, 0.05) is 5.56 Å². The molecule has 0 bridgehead atoms. The number of anilines is 2. The maximum absolute atomic E-state index is 12.9. The normalized spacial score (nSPS) is 10.8. The summed E-state index contributed by atoms with van der Waals surface area (Å²) in [5.74, 6) is 0.895. The fraction of sp³-hybridized carbons (Fsp3) is 0.0952. The zero-order valence-electron chi connectivity index (χ0n) is 15.4. The maximum atomic E-state index is 12.9. The first-order valence-corrected chi connectivity index (χ1v) is 9.46. The van der Waals surface area contributed by atoms with E-state index in [2.05, 4.69) is 15.3 Å². The van der Waals surface area contributed by atoms with Crippen molar-refractivity contribution in [2.75, 3.05) is 18.2 Å². The number of carbonyl (C=O) groups excluding carboxylic acids is 1. The molecule has 4 aromatic rings. The van der Waals surface area contributed by atoms with Gasteiger partial charge in [0.2, 0.25) is 0 Å². The topological polar surface area (TPSA) is 90.1 Å². The third kappa shape index (κ3) is 3.16. The molecule has 1 amide bonds. The number of nitrogens with one attached hydrogen (secondary N) is 1. The van der Waals surface area contributed by atoms with E-state index in [1.165, 1.54) is 11.3 Å². The Kier molecular flexibility index (Phi) is 4.67. The molecule has 0 fully saturated rings. The number of aromatic nitrogens is 2. The van der Waals surface area contributed by atoms with Crippen LogP contribution in [-0.4, -0.2) is 23.0 Å². The summed E-state index contributed by atoms with van der Waals surface area (Å²) in [7, 11) is 1.56. The van der Waals surface area contributed by atoms with Gasteiger partial charge in [0.25, 0.3) is 5.91 Å². The van der Waals surface area contributed by atoms with Gasteiger partial charge in [-0.05, 0) is 19.1 Å². The predicted molar refractivity (Wildman–Crippen MR) is 113 cm³/mol. The summed E-state index contributed by atoms with van der Waals surface area (Å²) in [6, 6.07) is 16.9. The smallest absolute Gasteiger partial charge is 0.268 e. The highest BCUT2D eigenvalue weighted by molar-refractivity contribution is 7.21. The third-order valence-corrected chi connectivity index (χ3v) is 5.46. The molecule has 2 aromatic heterocycles. The standard InChI is InChI=1S/C21H18N4O2S/c1-12-16-17(22)18(20(26)24-14-10-6-7-11-15(14)27-2)28-21(16)25-19(23-12)13-8-4-3-5-9-13/h3-11H,22H2,1-2H3,(H,24,26). The molecule has 28 heavy (non-hydrogen) atoms. The number of methoxy groups -OCH3 is 1. The number of thiophene rings is 1. The molecule has 4 rings (SSSR count). The summed E-state index contributed by atoms with van der Waals surface area (Å²) in [4.78, 5) is 23.2. The van der Waals surface area contributed by atoms with Crippen molar-refractivity contribution in [1.29, 1.82) is 0 Å². The fourth-order valence-electron chi connectivity index (χ4n) is 3.01. The van der Waals surface area contributed by atoms with Gasteiger partial charge in [-0.3, -0.25) is 4.79 Å². The molecular weight excluding hydrogens is 372 g/mol. The summed E-state index contributed by atoms with van der Waals surface area (Å²) in [5, 5.41) is 3.58. The van der Waals surface area contributed by atoms with Crippen LogP contribution in [0.1, 0.15) is 15.4 Å². The van der Waals surface area contributed by atoms with E-state index in [-0.39, 0.29) is 5.91 Å². The van der Waals surface area contributed by atoms with Crippen LogP contribution in [0.25, 0.3) is 21.6 Å². The van der Waals surface area contributed by atoms with Crippen molar-refractivity contribution in [2.24, 2.45) is 0 Å². The highest BCUT2D eigenvalue weighted by atomic mass is 32.1. The number of para-hydroxylation sites is 2. The Morgan fingerprint density at radius 3 is 2.54 bits per heavy atom. The van der Waals surface area contributed by atoms with E-state index in [1.54, 1.807) is 19.2 Å². The largest absolute Gasteiger partial charge is 0.495 e. The molecule has 0 aliphatic rings. The van der Waals surface area contributed by atoms with Crippen LogP contribution in [0.15, 0.2) is 54.6 Å². The van der Waals surface area contributed by atoms with Crippen LogP contribution in [0.4, 0.5) is 11.4 Å². The van der Waals surface area contributed by atoms with Crippen molar-refractivity contribution in [3.05, 3.63) is 65.2 Å². The van der Waals surface area contributed by atoms with E-state index in [0.29, 0.717) is 32.7 Å². The van der Waals surface area contributed by atoms with Crippen LogP contribution in [0.5, 0.6) is 5.75 Å². The minimum Gasteiger partial charge on any atom is -0.495 e. The first-order chi connectivity index (χ1) is 13.6. The highest BCUT2D eigenvalue weighted by Crippen LogP contribution is 2.36. The van der Waals surface area contributed by atoms with E-state index in [0.717, 1.165) is 16.6 Å². The molecule has 0 saturated heterocycles. The van der Waals surface area contributed by atoms with Crippen molar-refractivity contribution >= 4 is 38.8 Å². The van der Waals surface area contributed by atoms with E-state index >= 15 is 0 Å². The van der Waals surface area contributed by atoms with Crippen molar-refractivity contribution in [1.82, 2.24) is 9.97 Å². The number of carbonyl (C=O) groups is 1. The molecule has 0 unspecified atom stereocenters. The first kappa shape index (κ1) is 17.9. The number of rotatable bonds is 4. The monoisotopic (exact) mass is 390 g/mol. The number of benzene rings is 2. The Labute approximate surface area is 166 Å². The summed E-state index contributed by atoms with van der Waals surface area (Å²) < 4.78 is 5.29. The molecule has 140 valence electrons. The molecule has 2 aromatic carbocycles. The number of hydrogen-bond donors (Lipinski definition) is 2. The van der Waals surface area contributed by atoms with Crippen LogP contribution in [0.2, 0.25) is 0 Å². The van der Waals surface area contributed by atoms with Crippen molar-refractivity contribution in [2.45, 2.75) is 6.92 Å². The van der Waals surface area contributed by atoms with Gasteiger partial charge in [-0.15, -0.1) is 11.3 Å². The van der Waals surface area contributed by atoms with E-state index < -0.39 is 0 Å². The number of ether oxygens (including phenoxy) is 1. The molecule has 0 saturated carbocycles. The first-order valence-electron chi connectivity index (χ1n) is 8.65. The van der Waals surface area contributed by atoms with Gasteiger partial charge in [-0.1, -0.05) is 42.5 Å². The number of aryl methyl sites for hydroxylation is 1. The summed E-state index contributed by atoms with van der Waals surface area (Å²) >= 11 is 1.26. The van der Waals surface area contributed by atoms with Gasteiger partial charge in [-0.2, -0.15) is 0 Å². The molecule has 0 radical (unpaired) electrons. The van der Waals surface area contributed by atoms with Crippen molar-refractivity contribution in [3.8, 4) is 17.1 Å². The molecule has 0 aliphatic carbocycles. The lowest BCUT2D eigenvalue weighted by molar-refractivity contribution is 0.103. The van der Waals surface area contributed by atoms with Gasteiger partial charge in [0.15, 0.2) is 5.82 Å². The predicted octanol–water partition coefficient (Wildman–Crippen LogP) is 4.51. The lowest BCUT2D eigenvalue weighted by Crippen LogP contribution is -2.12. The van der Waals surface area contributed by atoms with Crippen LogP contribution in [0, 0.1) is 6.92 Å². The van der Waals surface area contributed by atoms with Crippen molar-refractivity contribution < 1.29 is 9.53 Å². The maximum Gasteiger partial charge on any atom is 0.268 e. The molecule has 0 atom stereocenters. The Morgan fingerprint density at radius 1 is 1.07 bits per heavy atom. The van der Waals surface area contributed by atoms with Gasteiger partial charge in [-0.25, -0.2) is 9.97 Å². The zero-order chi connectivity index (χ0) is 19.7. The Balaban J connectivity index is 1.75. The number of amides is 1. The van der Waals surface area contributed by atoms with Gasteiger partial charge in [0.1, 0.15) is 15.5 Å². The minimum atomic E-state index is -0.300. The lowest BCUT2D eigenvalue weighted by atomic mass is 10.2. The molecule has 2 heterocycles. The zero-order valence-corrected chi connectivity index (χ0v) is 16.2. The van der Waals surface area contributed by atoms with Crippen LogP contribution in [-0.2, 0) is 0 Å². The number of nitrogens with two attached hydrogens (primary N) is 1. The van der Waals surface area contributed by atoms with Gasteiger partial charge >= 0.3 is 0 Å². The summed E-state index contributed by atoms with van der Waals surface area (Å²) in [6.07, 6.45) is 0. The molecule has 7 heteroatoms. The average Bonchev–Trinajstić information content (AvgIpc) is 3.06. The summed E-state index contributed by atoms with van der Waals surface area (Å²) in [6.45, 7) is 1.88. The van der Waals surface area contributed by atoms with E-state index in [1.807, 2.05) is 49.4 Å². The second-order valence-electron chi connectivity index (χ2n) is 6.18. The SMILES string of the molecule is COc1ccccc1NC(=O)c1sc2nc(-c3ccccc3)nc(C)c2c1N.